The van der Waals surface area contributed by atoms with Gasteiger partial charge < -0.3 is 9.64 Å². The number of ether oxygens (including phenoxy) is 1. The van der Waals surface area contributed by atoms with Crippen molar-refractivity contribution in [3.05, 3.63) is 46.4 Å². The third-order valence-corrected chi connectivity index (χ3v) is 7.39. The standard InChI is InChI=1S/C22H25Cl2N3O2S2/c1-26(2)12-4-13-27(19(28)11-14-30-16-7-5-15(23)6-8-16)22-25-20-18(29-3)10-9-17(24)21(20)31-22/h5-10H,4,11-14H2,1-3H3. The lowest BCUT2D eigenvalue weighted by atomic mass is 10.3. The second-order valence-electron chi connectivity index (χ2n) is 7.18. The predicted molar refractivity (Wildman–Crippen MR) is 133 cm³/mol. The number of methoxy groups -OCH3 is 1. The number of hydrogen-bond donors (Lipinski definition) is 0. The summed E-state index contributed by atoms with van der Waals surface area (Å²) in [5.41, 5.74) is 0.691. The van der Waals surface area contributed by atoms with Crippen molar-refractivity contribution >= 4 is 67.6 Å². The topological polar surface area (TPSA) is 45.7 Å². The molecule has 0 unspecified atom stereocenters. The fraction of sp³-hybridized carbons (Fsp3) is 0.364. The number of anilines is 1. The molecule has 166 valence electrons. The van der Waals surface area contributed by atoms with E-state index in [0.717, 1.165) is 22.6 Å². The Labute approximate surface area is 201 Å². The second-order valence-corrected chi connectivity index (χ2v) is 10.2. The number of amides is 1. The van der Waals surface area contributed by atoms with Gasteiger partial charge in [-0.15, -0.1) is 11.8 Å². The first-order valence-electron chi connectivity index (χ1n) is 9.85. The largest absolute Gasteiger partial charge is 0.494 e. The van der Waals surface area contributed by atoms with E-state index >= 15 is 0 Å². The molecule has 0 N–H and O–H groups in total. The van der Waals surface area contributed by atoms with E-state index in [9.17, 15) is 4.79 Å². The average molecular weight is 499 g/mol. The molecule has 3 aromatic rings. The number of fused-ring (bicyclic) bond motifs is 1. The minimum Gasteiger partial charge on any atom is -0.494 e. The first-order chi connectivity index (χ1) is 14.9. The van der Waals surface area contributed by atoms with Gasteiger partial charge in [-0.05, 0) is 63.5 Å². The van der Waals surface area contributed by atoms with Crippen molar-refractivity contribution in [2.45, 2.75) is 17.7 Å². The zero-order chi connectivity index (χ0) is 22.4. The minimum absolute atomic E-state index is 0.0503. The van der Waals surface area contributed by atoms with Crippen molar-refractivity contribution in [3.8, 4) is 5.75 Å². The zero-order valence-corrected chi connectivity index (χ0v) is 20.9. The first kappa shape index (κ1) is 24.1. The van der Waals surface area contributed by atoms with E-state index in [1.165, 1.54) is 11.3 Å². The monoisotopic (exact) mass is 497 g/mol. The Morgan fingerprint density at radius 1 is 1.13 bits per heavy atom. The lowest BCUT2D eigenvalue weighted by molar-refractivity contribution is -0.118. The van der Waals surface area contributed by atoms with Crippen molar-refractivity contribution in [2.24, 2.45) is 0 Å². The van der Waals surface area contributed by atoms with E-state index in [-0.39, 0.29) is 5.91 Å². The molecule has 0 saturated heterocycles. The van der Waals surface area contributed by atoms with Crippen LogP contribution < -0.4 is 9.64 Å². The molecule has 1 heterocycles. The molecule has 1 amide bonds. The van der Waals surface area contributed by atoms with Crippen LogP contribution in [0.3, 0.4) is 0 Å². The van der Waals surface area contributed by atoms with Gasteiger partial charge in [0.05, 0.1) is 16.8 Å². The van der Waals surface area contributed by atoms with Crippen molar-refractivity contribution in [2.75, 3.05) is 44.9 Å². The SMILES string of the molecule is COc1ccc(Cl)c2sc(N(CCCN(C)C)C(=O)CCSc3ccc(Cl)cc3)nc12. The number of thioether (sulfide) groups is 1. The van der Waals surface area contributed by atoms with Crippen molar-refractivity contribution in [3.63, 3.8) is 0 Å². The Balaban J connectivity index is 1.77. The van der Waals surface area contributed by atoms with E-state index in [2.05, 4.69) is 4.90 Å². The third-order valence-electron chi connectivity index (χ3n) is 4.58. The Hall–Kier alpha value is -1.51. The molecule has 3 rings (SSSR count). The molecule has 2 aromatic carbocycles. The molecule has 0 aliphatic heterocycles. The highest BCUT2D eigenvalue weighted by Crippen LogP contribution is 2.39. The van der Waals surface area contributed by atoms with Crippen molar-refractivity contribution in [1.82, 2.24) is 9.88 Å². The maximum absolute atomic E-state index is 13.2. The molecular formula is C22H25Cl2N3O2S2. The lowest BCUT2D eigenvalue weighted by Gasteiger charge is -2.21. The molecule has 0 spiro atoms. The van der Waals surface area contributed by atoms with E-state index in [4.69, 9.17) is 32.9 Å². The first-order valence-corrected chi connectivity index (χ1v) is 12.4. The minimum atomic E-state index is 0.0503. The van der Waals surface area contributed by atoms with Crippen molar-refractivity contribution in [1.29, 1.82) is 0 Å². The van der Waals surface area contributed by atoms with Crippen LogP contribution in [0.25, 0.3) is 10.2 Å². The summed E-state index contributed by atoms with van der Waals surface area (Å²) in [6.07, 6.45) is 1.26. The van der Waals surface area contributed by atoms with Gasteiger partial charge >= 0.3 is 0 Å². The van der Waals surface area contributed by atoms with Crippen LogP contribution in [0.4, 0.5) is 5.13 Å². The molecule has 0 aliphatic rings. The molecule has 0 fully saturated rings. The Morgan fingerprint density at radius 2 is 1.87 bits per heavy atom. The van der Waals surface area contributed by atoms with Gasteiger partial charge in [0.15, 0.2) is 5.13 Å². The third kappa shape index (κ3) is 6.49. The number of aromatic nitrogens is 1. The van der Waals surface area contributed by atoms with Gasteiger partial charge in [0.2, 0.25) is 5.91 Å². The zero-order valence-electron chi connectivity index (χ0n) is 17.7. The van der Waals surface area contributed by atoms with Gasteiger partial charge in [0.1, 0.15) is 11.3 Å². The number of carbonyl (C=O) groups is 1. The van der Waals surface area contributed by atoms with Gasteiger partial charge in [0.25, 0.3) is 0 Å². The number of rotatable bonds is 10. The molecule has 31 heavy (non-hydrogen) atoms. The number of benzene rings is 2. The number of hydrogen-bond acceptors (Lipinski definition) is 6. The summed E-state index contributed by atoms with van der Waals surface area (Å²) < 4.78 is 6.26. The molecule has 5 nitrogen and oxygen atoms in total. The van der Waals surface area contributed by atoms with Gasteiger partial charge in [-0.3, -0.25) is 9.69 Å². The van der Waals surface area contributed by atoms with Crippen LogP contribution in [-0.4, -0.2) is 55.8 Å². The van der Waals surface area contributed by atoms with Gasteiger partial charge in [0, 0.05) is 28.6 Å². The van der Waals surface area contributed by atoms with Crippen LogP contribution in [0.15, 0.2) is 41.3 Å². The highest BCUT2D eigenvalue weighted by atomic mass is 35.5. The quantitative estimate of drug-likeness (QED) is 0.317. The van der Waals surface area contributed by atoms with Crippen LogP contribution in [0.1, 0.15) is 12.8 Å². The molecule has 1 aromatic heterocycles. The maximum Gasteiger partial charge on any atom is 0.229 e. The van der Waals surface area contributed by atoms with Crippen LogP contribution in [0.5, 0.6) is 5.75 Å². The summed E-state index contributed by atoms with van der Waals surface area (Å²) in [5.74, 6) is 1.38. The molecule has 0 saturated carbocycles. The average Bonchev–Trinajstić information content (AvgIpc) is 3.18. The molecule has 0 atom stereocenters. The van der Waals surface area contributed by atoms with Crippen LogP contribution >= 0.6 is 46.3 Å². The second kappa shape index (κ2) is 11.4. The summed E-state index contributed by atoms with van der Waals surface area (Å²) >= 11 is 15.4. The number of halogens is 2. The fourth-order valence-corrected chi connectivity index (χ4v) is 5.28. The van der Waals surface area contributed by atoms with Crippen LogP contribution in [0.2, 0.25) is 10.0 Å². The van der Waals surface area contributed by atoms with E-state index < -0.39 is 0 Å². The molecular weight excluding hydrogens is 473 g/mol. The highest BCUT2D eigenvalue weighted by molar-refractivity contribution is 7.99. The molecule has 0 aliphatic carbocycles. The van der Waals surface area contributed by atoms with E-state index in [0.29, 0.717) is 45.2 Å². The summed E-state index contributed by atoms with van der Waals surface area (Å²) in [6, 6.07) is 11.2. The van der Waals surface area contributed by atoms with E-state index in [1.54, 1.807) is 35.9 Å². The maximum atomic E-state index is 13.2. The summed E-state index contributed by atoms with van der Waals surface area (Å²) in [4.78, 5) is 22.9. The van der Waals surface area contributed by atoms with Crippen molar-refractivity contribution < 1.29 is 9.53 Å². The van der Waals surface area contributed by atoms with Crippen LogP contribution in [-0.2, 0) is 4.79 Å². The predicted octanol–water partition coefficient (Wildman–Crippen LogP) is 6.08. The van der Waals surface area contributed by atoms with Gasteiger partial charge in [-0.2, -0.15) is 0 Å². The van der Waals surface area contributed by atoms with Gasteiger partial charge in [-0.25, -0.2) is 4.98 Å². The van der Waals surface area contributed by atoms with Gasteiger partial charge in [-0.1, -0.05) is 34.5 Å². The Kier molecular flexibility index (Phi) is 8.86. The highest BCUT2D eigenvalue weighted by Gasteiger charge is 2.21. The fourth-order valence-electron chi connectivity index (χ4n) is 3.02. The Morgan fingerprint density at radius 3 is 2.55 bits per heavy atom. The number of nitrogens with zero attached hydrogens (tertiary/aromatic N) is 3. The molecule has 0 bridgehead atoms. The van der Waals surface area contributed by atoms with Crippen LogP contribution in [0, 0.1) is 0 Å². The normalized spacial score (nSPS) is 11.3. The smallest absolute Gasteiger partial charge is 0.229 e. The summed E-state index contributed by atoms with van der Waals surface area (Å²) in [6.45, 7) is 1.49. The molecule has 0 radical (unpaired) electrons. The summed E-state index contributed by atoms with van der Waals surface area (Å²) in [7, 11) is 5.66. The number of thiazole rings is 1. The lowest BCUT2D eigenvalue weighted by Crippen LogP contribution is -2.33. The summed E-state index contributed by atoms with van der Waals surface area (Å²) in [5, 5.41) is 1.97. The number of carbonyl (C=O) groups excluding carboxylic acids is 1. The molecule has 9 heteroatoms. The Bertz CT molecular complexity index is 1030. The van der Waals surface area contributed by atoms with E-state index in [1.807, 2.05) is 38.4 Å².